The Morgan fingerprint density at radius 1 is 1.16 bits per heavy atom. The molecule has 0 aliphatic carbocycles. The Kier molecular flexibility index (Phi) is 5.00. The average Bonchev–Trinajstić information content (AvgIpc) is 2.97. The zero-order valence-corrected chi connectivity index (χ0v) is 14.4. The summed E-state index contributed by atoms with van der Waals surface area (Å²) in [6.45, 7) is 5.29. The molecule has 3 rings (SSSR count). The number of fused-ring (bicyclic) bond motifs is 1. The van der Waals surface area contributed by atoms with Crippen LogP contribution in [0, 0.1) is 5.92 Å². The topological polar surface area (TPSA) is 79.2 Å². The number of hydrogen-bond acceptors (Lipinski definition) is 4. The van der Waals surface area contributed by atoms with E-state index in [1.807, 2.05) is 18.2 Å². The zero-order chi connectivity index (χ0) is 17.8. The molecule has 0 aliphatic heterocycles. The Hall–Kier alpha value is -2.86. The molecular formula is C19H22N4O2. The lowest BCUT2D eigenvalue weighted by atomic mass is 10.1. The number of nitrogens with one attached hydrogen (secondary N) is 2. The minimum Gasteiger partial charge on any atom is -0.326 e. The van der Waals surface area contributed by atoms with Crippen molar-refractivity contribution in [3.8, 4) is 0 Å². The standard InChI is InChI=1S/C19H22N4O2/c1-13(2)11-12-23-17-6-4-3-5-16(17)21-19(23)20-15-9-7-14(8-10-15)18(24)22-25/h3-10,13,25H,11-12H2,1-2H3,(H,20,21)(H,22,24). The Bertz CT molecular complexity index is 869. The van der Waals surface area contributed by atoms with Gasteiger partial charge in [-0.05, 0) is 48.7 Å². The van der Waals surface area contributed by atoms with Crippen molar-refractivity contribution in [2.24, 2.45) is 5.92 Å². The fraction of sp³-hybridized carbons (Fsp3) is 0.263. The lowest BCUT2D eigenvalue weighted by molar-refractivity contribution is 0.0706. The molecular weight excluding hydrogens is 316 g/mol. The van der Waals surface area contributed by atoms with Crippen LogP contribution in [0.1, 0.15) is 30.6 Å². The van der Waals surface area contributed by atoms with Crippen LogP contribution >= 0.6 is 0 Å². The number of anilines is 2. The van der Waals surface area contributed by atoms with Crippen molar-refractivity contribution in [1.82, 2.24) is 15.0 Å². The van der Waals surface area contributed by atoms with Crippen LogP contribution in [0.3, 0.4) is 0 Å². The van der Waals surface area contributed by atoms with Crippen LogP contribution in [0.2, 0.25) is 0 Å². The largest absolute Gasteiger partial charge is 0.326 e. The smallest absolute Gasteiger partial charge is 0.274 e. The number of hydroxylamine groups is 1. The molecule has 0 atom stereocenters. The summed E-state index contributed by atoms with van der Waals surface area (Å²) in [5, 5.41) is 12.0. The molecule has 25 heavy (non-hydrogen) atoms. The van der Waals surface area contributed by atoms with Crippen LogP contribution < -0.4 is 10.8 Å². The van der Waals surface area contributed by atoms with Crippen molar-refractivity contribution in [1.29, 1.82) is 0 Å². The number of aromatic nitrogens is 2. The Labute approximate surface area is 146 Å². The molecule has 130 valence electrons. The number of imidazole rings is 1. The van der Waals surface area contributed by atoms with E-state index in [4.69, 9.17) is 10.2 Å². The second-order valence-corrected chi connectivity index (χ2v) is 6.40. The van der Waals surface area contributed by atoms with Crippen molar-refractivity contribution in [2.75, 3.05) is 5.32 Å². The zero-order valence-electron chi connectivity index (χ0n) is 14.4. The molecule has 0 spiro atoms. The van der Waals surface area contributed by atoms with E-state index in [9.17, 15) is 4.79 Å². The number of benzene rings is 2. The van der Waals surface area contributed by atoms with Crippen LogP contribution in [0.4, 0.5) is 11.6 Å². The summed E-state index contributed by atoms with van der Waals surface area (Å²) >= 11 is 0. The molecule has 0 saturated heterocycles. The lowest BCUT2D eigenvalue weighted by Crippen LogP contribution is -2.18. The summed E-state index contributed by atoms with van der Waals surface area (Å²) < 4.78 is 2.18. The van der Waals surface area contributed by atoms with E-state index in [1.54, 1.807) is 29.7 Å². The van der Waals surface area contributed by atoms with Gasteiger partial charge in [0.2, 0.25) is 5.95 Å². The van der Waals surface area contributed by atoms with Gasteiger partial charge in [0, 0.05) is 17.8 Å². The van der Waals surface area contributed by atoms with Crippen LogP contribution in [0.15, 0.2) is 48.5 Å². The van der Waals surface area contributed by atoms with Crippen molar-refractivity contribution in [3.63, 3.8) is 0 Å². The second-order valence-electron chi connectivity index (χ2n) is 6.40. The molecule has 3 N–H and O–H groups in total. The maximum absolute atomic E-state index is 11.4. The van der Waals surface area contributed by atoms with Crippen LogP contribution in [0.5, 0.6) is 0 Å². The molecule has 6 nitrogen and oxygen atoms in total. The normalized spacial score (nSPS) is 11.0. The number of nitrogens with zero attached hydrogens (tertiary/aromatic N) is 2. The molecule has 2 aromatic carbocycles. The maximum atomic E-state index is 11.4. The van der Waals surface area contributed by atoms with Gasteiger partial charge in [-0.2, -0.15) is 0 Å². The first-order valence-corrected chi connectivity index (χ1v) is 8.35. The van der Waals surface area contributed by atoms with E-state index < -0.39 is 5.91 Å². The maximum Gasteiger partial charge on any atom is 0.274 e. The van der Waals surface area contributed by atoms with Gasteiger partial charge in [-0.1, -0.05) is 26.0 Å². The monoisotopic (exact) mass is 338 g/mol. The van der Waals surface area contributed by atoms with Gasteiger partial charge in [0.25, 0.3) is 5.91 Å². The molecule has 6 heteroatoms. The molecule has 1 amide bonds. The van der Waals surface area contributed by atoms with Crippen LogP contribution in [-0.2, 0) is 6.54 Å². The highest BCUT2D eigenvalue weighted by molar-refractivity contribution is 5.93. The van der Waals surface area contributed by atoms with E-state index >= 15 is 0 Å². The molecule has 3 aromatic rings. The van der Waals surface area contributed by atoms with Gasteiger partial charge in [-0.3, -0.25) is 10.0 Å². The summed E-state index contributed by atoms with van der Waals surface area (Å²) in [6, 6.07) is 14.9. The number of carbonyl (C=O) groups is 1. The third kappa shape index (κ3) is 3.80. The van der Waals surface area contributed by atoms with Crippen molar-refractivity contribution >= 4 is 28.6 Å². The van der Waals surface area contributed by atoms with Gasteiger partial charge < -0.3 is 9.88 Å². The molecule has 1 heterocycles. The summed E-state index contributed by atoms with van der Waals surface area (Å²) in [5.74, 6) is 0.849. The number of rotatable bonds is 6. The molecule has 0 aliphatic rings. The first-order chi connectivity index (χ1) is 12.1. The van der Waals surface area contributed by atoms with Gasteiger partial charge in [-0.15, -0.1) is 0 Å². The number of aryl methyl sites for hydroxylation is 1. The fourth-order valence-electron chi connectivity index (χ4n) is 2.68. The summed E-state index contributed by atoms with van der Waals surface area (Å²) in [5.41, 5.74) is 4.90. The molecule has 0 fully saturated rings. The van der Waals surface area contributed by atoms with E-state index in [2.05, 4.69) is 29.8 Å². The SMILES string of the molecule is CC(C)CCn1c(Nc2ccc(C(=O)NO)cc2)nc2ccccc21. The molecule has 0 radical (unpaired) electrons. The summed E-state index contributed by atoms with van der Waals surface area (Å²) in [6.07, 6.45) is 1.06. The van der Waals surface area contributed by atoms with Gasteiger partial charge in [0.1, 0.15) is 0 Å². The number of para-hydroxylation sites is 2. The van der Waals surface area contributed by atoms with Gasteiger partial charge in [0.05, 0.1) is 11.0 Å². The highest BCUT2D eigenvalue weighted by Gasteiger charge is 2.11. The first-order valence-electron chi connectivity index (χ1n) is 8.35. The summed E-state index contributed by atoms with van der Waals surface area (Å²) in [4.78, 5) is 16.1. The fourth-order valence-corrected chi connectivity index (χ4v) is 2.68. The van der Waals surface area contributed by atoms with Crippen LogP contribution in [-0.4, -0.2) is 20.7 Å². The number of hydrogen-bond donors (Lipinski definition) is 3. The predicted octanol–water partition coefficient (Wildman–Crippen LogP) is 3.95. The first kappa shape index (κ1) is 17.0. The molecule has 1 aromatic heterocycles. The van der Waals surface area contributed by atoms with Crippen molar-refractivity contribution in [2.45, 2.75) is 26.8 Å². The third-order valence-corrected chi connectivity index (χ3v) is 4.09. The highest BCUT2D eigenvalue weighted by Crippen LogP contribution is 2.24. The van der Waals surface area contributed by atoms with E-state index in [-0.39, 0.29) is 0 Å². The van der Waals surface area contributed by atoms with Crippen LogP contribution in [0.25, 0.3) is 11.0 Å². The third-order valence-electron chi connectivity index (χ3n) is 4.09. The number of carbonyl (C=O) groups excluding carboxylic acids is 1. The quantitative estimate of drug-likeness (QED) is 0.470. The van der Waals surface area contributed by atoms with Crippen molar-refractivity contribution in [3.05, 3.63) is 54.1 Å². The summed E-state index contributed by atoms with van der Waals surface area (Å²) in [7, 11) is 0. The lowest BCUT2D eigenvalue weighted by Gasteiger charge is -2.12. The molecule has 0 unspecified atom stereocenters. The Morgan fingerprint density at radius 3 is 2.56 bits per heavy atom. The van der Waals surface area contributed by atoms with Gasteiger partial charge >= 0.3 is 0 Å². The highest BCUT2D eigenvalue weighted by atomic mass is 16.5. The van der Waals surface area contributed by atoms with E-state index in [0.717, 1.165) is 35.6 Å². The minimum atomic E-state index is -0.532. The predicted molar refractivity (Wildman–Crippen MR) is 98.2 cm³/mol. The Morgan fingerprint density at radius 2 is 1.88 bits per heavy atom. The number of amides is 1. The van der Waals surface area contributed by atoms with Crippen molar-refractivity contribution < 1.29 is 10.0 Å². The van der Waals surface area contributed by atoms with Gasteiger partial charge in [0.15, 0.2) is 0 Å². The second kappa shape index (κ2) is 7.36. The minimum absolute atomic E-state index is 0.390. The molecule has 0 bridgehead atoms. The molecule has 0 saturated carbocycles. The Balaban J connectivity index is 1.89. The van der Waals surface area contributed by atoms with E-state index in [0.29, 0.717) is 11.5 Å². The average molecular weight is 338 g/mol. The van der Waals surface area contributed by atoms with Gasteiger partial charge in [-0.25, -0.2) is 10.5 Å². The van der Waals surface area contributed by atoms with E-state index in [1.165, 1.54) is 0 Å².